The molecule has 2 aliphatic rings. The van der Waals surface area contributed by atoms with Crippen LogP contribution in [0.3, 0.4) is 0 Å². The molecule has 0 spiro atoms. The van der Waals surface area contributed by atoms with Gasteiger partial charge in [-0.25, -0.2) is 4.79 Å². The van der Waals surface area contributed by atoms with Crippen molar-refractivity contribution in [2.45, 2.75) is 84.8 Å². The van der Waals surface area contributed by atoms with Gasteiger partial charge in [-0.3, -0.25) is 9.78 Å². The normalized spacial score (nSPS) is 20.9. The molecule has 0 radical (unpaired) electrons. The molecule has 1 unspecified atom stereocenters. The van der Waals surface area contributed by atoms with Gasteiger partial charge in [0.2, 0.25) is 0 Å². The molecule has 1 aliphatic carbocycles. The average Bonchev–Trinajstić information content (AvgIpc) is 3.48. The SMILES string of the molecule is CCOC(=O)C(C)c1ccc(N2CCC[C@@H](N(CC3(C)CC3)C(=O)OC(C)(C)C)C2)cn1. The molecule has 178 valence electrons. The standard InChI is InChI=1S/C25H39N3O4/c1-7-31-22(29)18(2)21-11-10-19(15-26-21)27-14-8-9-20(16-27)28(17-25(6)12-13-25)23(30)32-24(3,4)5/h10-11,15,18,20H,7-9,12-14,16-17H2,1-6H3/t18?,20-/m1/s1. The third-order valence-corrected chi connectivity index (χ3v) is 6.34. The van der Waals surface area contributed by atoms with Crippen LogP contribution >= 0.6 is 0 Å². The maximum atomic E-state index is 13.1. The number of ether oxygens (including phenoxy) is 2. The Labute approximate surface area is 192 Å². The fraction of sp³-hybridized carbons (Fsp3) is 0.720. The Morgan fingerprint density at radius 2 is 2.03 bits per heavy atom. The Bertz CT molecular complexity index is 798. The molecular formula is C25H39N3O4. The molecule has 1 aromatic heterocycles. The summed E-state index contributed by atoms with van der Waals surface area (Å²) in [6, 6.07) is 4.02. The minimum Gasteiger partial charge on any atom is -0.465 e. The van der Waals surface area contributed by atoms with Crippen molar-refractivity contribution in [3.8, 4) is 0 Å². The van der Waals surface area contributed by atoms with Gasteiger partial charge in [-0.1, -0.05) is 6.92 Å². The second-order valence-corrected chi connectivity index (χ2v) is 10.6. The van der Waals surface area contributed by atoms with Crippen LogP contribution in [0.2, 0.25) is 0 Å². The molecule has 1 aliphatic heterocycles. The summed E-state index contributed by atoms with van der Waals surface area (Å²) in [4.78, 5) is 33.9. The number of hydrogen-bond acceptors (Lipinski definition) is 6. The molecule has 0 aromatic carbocycles. The zero-order chi connectivity index (χ0) is 23.5. The van der Waals surface area contributed by atoms with Gasteiger partial charge in [0.05, 0.1) is 36.1 Å². The topological polar surface area (TPSA) is 72.0 Å². The number of pyridine rings is 1. The Kier molecular flexibility index (Phi) is 7.36. The summed E-state index contributed by atoms with van der Waals surface area (Å²) in [5.74, 6) is -0.646. The van der Waals surface area contributed by atoms with E-state index in [1.54, 1.807) is 6.92 Å². The summed E-state index contributed by atoms with van der Waals surface area (Å²) >= 11 is 0. The largest absolute Gasteiger partial charge is 0.465 e. The molecule has 3 rings (SSSR count). The number of carbonyl (C=O) groups is 2. The number of piperidine rings is 1. The molecular weight excluding hydrogens is 406 g/mol. The van der Waals surface area contributed by atoms with E-state index in [-0.39, 0.29) is 29.4 Å². The maximum Gasteiger partial charge on any atom is 0.410 e. The third kappa shape index (κ3) is 6.36. The maximum absolute atomic E-state index is 13.1. The molecule has 1 aromatic rings. The summed E-state index contributed by atoms with van der Waals surface area (Å²) in [6.45, 7) is 14.4. The van der Waals surface area contributed by atoms with E-state index in [0.717, 1.165) is 51.0 Å². The lowest BCUT2D eigenvalue weighted by Gasteiger charge is -2.41. The van der Waals surface area contributed by atoms with Crippen LogP contribution in [0.5, 0.6) is 0 Å². The van der Waals surface area contributed by atoms with Crippen molar-refractivity contribution < 1.29 is 19.1 Å². The molecule has 2 atom stereocenters. The van der Waals surface area contributed by atoms with E-state index in [1.807, 2.05) is 50.9 Å². The van der Waals surface area contributed by atoms with E-state index >= 15 is 0 Å². The van der Waals surface area contributed by atoms with Gasteiger partial charge < -0.3 is 19.3 Å². The Morgan fingerprint density at radius 1 is 1.31 bits per heavy atom. The lowest BCUT2D eigenvalue weighted by atomic mass is 10.0. The smallest absolute Gasteiger partial charge is 0.410 e. The summed E-state index contributed by atoms with van der Waals surface area (Å²) in [6.07, 6.45) is 5.90. The van der Waals surface area contributed by atoms with Crippen molar-refractivity contribution in [3.63, 3.8) is 0 Å². The van der Waals surface area contributed by atoms with Crippen LogP contribution < -0.4 is 4.90 Å². The Morgan fingerprint density at radius 3 is 2.59 bits per heavy atom. The molecule has 0 bridgehead atoms. The van der Waals surface area contributed by atoms with E-state index in [2.05, 4.69) is 16.8 Å². The number of amides is 1. The van der Waals surface area contributed by atoms with Gasteiger partial charge in [-0.15, -0.1) is 0 Å². The van der Waals surface area contributed by atoms with Crippen LogP contribution in [0.15, 0.2) is 18.3 Å². The van der Waals surface area contributed by atoms with Crippen LogP contribution in [0.25, 0.3) is 0 Å². The highest BCUT2D eigenvalue weighted by molar-refractivity contribution is 5.77. The molecule has 0 N–H and O–H groups in total. The molecule has 7 heteroatoms. The van der Waals surface area contributed by atoms with Gasteiger partial charge in [-0.05, 0) is 77.8 Å². The van der Waals surface area contributed by atoms with Crippen LogP contribution in [0.1, 0.15) is 78.8 Å². The first-order valence-electron chi connectivity index (χ1n) is 11.9. The minimum atomic E-state index is -0.510. The first kappa shape index (κ1) is 24.3. The van der Waals surface area contributed by atoms with Crippen LogP contribution in [-0.2, 0) is 14.3 Å². The number of nitrogens with zero attached hydrogens (tertiary/aromatic N) is 3. The van der Waals surface area contributed by atoms with Gasteiger partial charge in [0.1, 0.15) is 5.60 Å². The molecule has 1 amide bonds. The van der Waals surface area contributed by atoms with Crippen molar-refractivity contribution in [1.82, 2.24) is 9.88 Å². The van der Waals surface area contributed by atoms with Crippen LogP contribution in [-0.4, -0.2) is 59.8 Å². The van der Waals surface area contributed by atoms with Crippen molar-refractivity contribution >= 4 is 17.7 Å². The van der Waals surface area contributed by atoms with Gasteiger partial charge in [-0.2, -0.15) is 0 Å². The zero-order valence-corrected chi connectivity index (χ0v) is 20.5. The molecule has 2 heterocycles. The first-order valence-corrected chi connectivity index (χ1v) is 11.9. The van der Waals surface area contributed by atoms with E-state index in [9.17, 15) is 9.59 Å². The van der Waals surface area contributed by atoms with Gasteiger partial charge >= 0.3 is 12.1 Å². The molecule has 1 saturated carbocycles. The summed E-state index contributed by atoms with van der Waals surface area (Å²) in [5, 5.41) is 0. The van der Waals surface area contributed by atoms with Gasteiger partial charge in [0, 0.05) is 19.6 Å². The highest BCUT2D eigenvalue weighted by Gasteiger charge is 2.43. The number of aromatic nitrogens is 1. The zero-order valence-electron chi connectivity index (χ0n) is 20.5. The number of anilines is 1. The predicted molar refractivity (Wildman–Crippen MR) is 125 cm³/mol. The summed E-state index contributed by atoms with van der Waals surface area (Å²) < 4.78 is 10.9. The van der Waals surface area contributed by atoms with Crippen molar-refractivity contribution in [2.24, 2.45) is 5.41 Å². The van der Waals surface area contributed by atoms with E-state index in [4.69, 9.17) is 9.47 Å². The number of rotatable bonds is 7. The second kappa shape index (κ2) is 9.67. The van der Waals surface area contributed by atoms with E-state index < -0.39 is 5.60 Å². The molecule has 32 heavy (non-hydrogen) atoms. The van der Waals surface area contributed by atoms with E-state index in [0.29, 0.717) is 12.3 Å². The van der Waals surface area contributed by atoms with Gasteiger partial charge in [0.25, 0.3) is 0 Å². The second-order valence-electron chi connectivity index (χ2n) is 10.6. The monoisotopic (exact) mass is 445 g/mol. The quantitative estimate of drug-likeness (QED) is 0.564. The van der Waals surface area contributed by atoms with E-state index in [1.165, 1.54) is 0 Å². The summed E-state index contributed by atoms with van der Waals surface area (Å²) in [5.41, 5.74) is 1.42. The average molecular weight is 446 g/mol. The van der Waals surface area contributed by atoms with Crippen LogP contribution in [0, 0.1) is 5.41 Å². The van der Waals surface area contributed by atoms with Crippen molar-refractivity contribution in [3.05, 3.63) is 24.0 Å². The Balaban J connectivity index is 1.70. The lowest BCUT2D eigenvalue weighted by Crippen LogP contribution is -2.53. The van der Waals surface area contributed by atoms with Crippen molar-refractivity contribution in [1.29, 1.82) is 0 Å². The highest BCUT2D eigenvalue weighted by Crippen LogP contribution is 2.46. The molecule has 2 fully saturated rings. The van der Waals surface area contributed by atoms with Gasteiger partial charge in [0.15, 0.2) is 0 Å². The highest BCUT2D eigenvalue weighted by atomic mass is 16.6. The van der Waals surface area contributed by atoms with Crippen molar-refractivity contribution in [2.75, 3.05) is 31.1 Å². The number of esters is 1. The minimum absolute atomic E-state index is 0.106. The third-order valence-electron chi connectivity index (χ3n) is 6.34. The summed E-state index contributed by atoms with van der Waals surface area (Å²) in [7, 11) is 0. The molecule has 1 saturated heterocycles. The molecule has 7 nitrogen and oxygen atoms in total. The van der Waals surface area contributed by atoms with Crippen LogP contribution in [0.4, 0.5) is 10.5 Å². The Hall–Kier alpha value is -2.31. The first-order chi connectivity index (χ1) is 15.0. The lowest BCUT2D eigenvalue weighted by molar-refractivity contribution is -0.144. The number of carbonyl (C=O) groups excluding carboxylic acids is 2. The predicted octanol–water partition coefficient (Wildman–Crippen LogP) is 4.75. The fourth-order valence-electron chi connectivity index (χ4n) is 4.12. The fourth-order valence-corrected chi connectivity index (χ4v) is 4.12. The number of hydrogen-bond donors (Lipinski definition) is 0.